The molecule has 0 saturated carbocycles. The Kier molecular flexibility index (Phi) is 6.09. The van der Waals surface area contributed by atoms with E-state index in [9.17, 15) is 4.79 Å². The number of aromatic nitrogens is 2. The van der Waals surface area contributed by atoms with Gasteiger partial charge in [0.05, 0.1) is 17.2 Å². The van der Waals surface area contributed by atoms with E-state index >= 15 is 0 Å². The molecule has 1 aromatic carbocycles. The normalized spacial score (nSPS) is 10.7. The first-order valence-electron chi connectivity index (χ1n) is 8.55. The molecule has 0 unspecified atom stereocenters. The molecule has 2 heterocycles. The van der Waals surface area contributed by atoms with E-state index in [2.05, 4.69) is 16.0 Å². The molecule has 26 heavy (non-hydrogen) atoms. The smallest absolute Gasteiger partial charge is 0.273 e. The van der Waals surface area contributed by atoms with Gasteiger partial charge in [-0.3, -0.25) is 9.78 Å². The molecule has 0 spiro atoms. The van der Waals surface area contributed by atoms with Crippen LogP contribution in [-0.4, -0.2) is 27.3 Å². The molecule has 134 valence electrons. The van der Waals surface area contributed by atoms with Crippen molar-refractivity contribution in [1.29, 1.82) is 0 Å². The number of nitrogens with two attached hydrogens (primary N) is 1. The van der Waals surface area contributed by atoms with E-state index in [-0.39, 0.29) is 5.91 Å². The van der Waals surface area contributed by atoms with Crippen molar-refractivity contribution in [2.45, 2.75) is 26.4 Å². The molecule has 0 aliphatic carbocycles. The standard InChI is InChI=1S/C20H22N4OS/c1-15-5-4-6-16(11-15)12-24(13-17-7-2-3-10-22-17)20(25)18-14-26-19(23-18)8-9-21/h2-7,10-11,14H,8-9,12-13,21H2,1H3. The number of nitrogens with zero attached hydrogens (tertiary/aromatic N) is 3. The Balaban J connectivity index is 1.84. The van der Waals surface area contributed by atoms with Crippen molar-refractivity contribution in [2.24, 2.45) is 5.73 Å². The zero-order valence-electron chi connectivity index (χ0n) is 14.8. The molecular formula is C20H22N4OS. The van der Waals surface area contributed by atoms with E-state index in [1.165, 1.54) is 16.9 Å². The van der Waals surface area contributed by atoms with Crippen LogP contribution >= 0.6 is 11.3 Å². The molecule has 0 aliphatic heterocycles. The van der Waals surface area contributed by atoms with E-state index in [1.54, 1.807) is 11.1 Å². The number of hydrogen-bond donors (Lipinski definition) is 1. The van der Waals surface area contributed by atoms with Crippen LogP contribution in [0.15, 0.2) is 54.0 Å². The number of thiazole rings is 1. The topological polar surface area (TPSA) is 72.1 Å². The van der Waals surface area contributed by atoms with E-state index < -0.39 is 0 Å². The Morgan fingerprint density at radius 2 is 2.08 bits per heavy atom. The number of amides is 1. The first-order chi connectivity index (χ1) is 12.7. The molecule has 1 amide bonds. The second-order valence-corrected chi connectivity index (χ2v) is 7.08. The van der Waals surface area contributed by atoms with Crippen LogP contribution in [0.5, 0.6) is 0 Å². The fourth-order valence-electron chi connectivity index (χ4n) is 2.73. The summed E-state index contributed by atoms with van der Waals surface area (Å²) in [4.78, 5) is 23.7. The SMILES string of the molecule is Cc1cccc(CN(Cc2ccccn2)C(=O)c2csc(CCN)n2)c1. The third-order valence-corrected chi connectivity index (χ3v) is 4.86. The van der Waals surface area contributed by atoms with Crippen LogP contribution in [0.3, 0.4) is 0 Å². The second kappa shape index (κ2) is 8.69. The zero-order chi connectivity index (χ0) is 18.4. The van der Waals surface area contributed by atoms with Crippen LogP contribution in [0.4, 0.5) is 0 Å². The highest BCUT2D eigenvalue weighted by atomic mass is 32.1. The number of carbonyl (C=O) groups is 1. The van der Waals surface area contributed by atoms with Gasteiger partial charge in [-0.2, -0.15) is 0 Å². The molecular weight excluding hydrogens is 344 g/mol. The predicted molar refractivity (Wildman–Crippen MR) is 104 cm³/mol. The van der Waals surface area contributed by atoms with Crippen molar-refractivity contribution in [2.75, 3.05) is 6.54 Å². The third kappa shape index (κ3) is 4.74. The van der Waals surface area contributed by atoms with Crippen molar-refractivity contribution < 1.29 is 4.79 Å². The minimum atomic E-state index is -0.0864. The van der Waals surface area contributed by atoms with Crippen LogP contribution in [-0.2, 0) is 19.5 Å². The minimum absolute atomic E-state index is 0.0864. The molecule has 0 fully saturated rings. The summed E-state index contributed by atoms with van der Waals surface area (Å²) in [5, 5.41) is 2.71. The first kappa shape index (κ1) is 18.2. The third-order valence-electron chi connectivity index (χ3n) is 3.95. The molecule has 2 N–H and O–H groups in total. The summed E-state index contributed by atoms with van der Waals surface area (Å²) in [6.45, 7) is 3.54. The summed E-state index contributed by atoms with van der Waals surface area (Å²) in [5.74, 6) is -0.0864. The quantitative estimate of drug-likeness (QED) is 0.697. The fourth-order valence-corrected chi connectivity index (χ4v) is 3.51. The summed E-state index contributed by atoms with van der Waals surface area (Å²) < 4.78 is 0. The highest BCUT2D eigenvalue weighted by Crippen LogP contribution is 2.17. The van der Waals surface area contributed by atoms with Crippen LogP contribution < -0.4 is 5.73 Å². The van der Waals surface area contributed by atoms with Gasteiger partial charge < -0.3 is 10.6 Å². The number of rotatable bonds is 7. The average molecular weight is 366 g/mol. The maximum Gasteiger partial charge on any atom is 0.273 e. The number of pyridine rings is 1. The van der Waals surface area contributed by atoms with Crippen LogP contribution in [0, 0.1) is 6.92 Å². The lowest BCUT2D eigenvalue weighted by molar-refractivity contribution is 0.0722. The number of aryl methyl sites for hydroxylation is 1. The molecule has 0 bridgehead atoms. The summed E-state index contributed by atoms with van der Waals surface area (Å²) >= 11 is 1.48. The van der Waals surface area contributed by atoms with Crippen LogP contribution in [0.2, 0.25) is 0 Å². The maximum atomic E-state index is 13.1. The largest absolute Gasteiger partial charge is 0.330 e. The molecule has 0 aliphatic rings. The molecule has 0 saturated heterocycles. The molecule has 0 radical (unpaired) electrons. The first-order valence-corrected chi connectivity index (χ1v) is 9.43. The van der Waals surface area contributed by atoms with Gasteiger partial charge in [0.1, 0.15) is 5.69 Å². The van der Waals surface area contributed by atoms with E-state index in [0.29, 0.717) is 31.7 Å². The summed E-state index contributed by atoms with van der Waals surface area (Å²) in [7, 11) is 0. The molecule has 0 atom stereocenters. The van der Waals surface area contributed by atoms with Crippen molar-refractivity contribution in [3.8, 4) is 0 Å². The number of hydrogen-bond acceptors (Lipinski definition) is 5. The highest BCUT2D eigenvalue weighted by Gasteiger charge is 2.20. The minimum Gasteiger partial charge on any atom is -0.330 e. The van der Waals surface area contributed by atoms with Crippen molar-refractivity contribution in [1.82, 2.24) is 14.9 Å². The Hall–Kier alpha value is -2.57. The summed E-state index contributed by atoms with van der Waals surface area (Å²) in [6, 6.07) is 13.9. The number of benzene rings is 1. The lowest BCUT2D eigenvalue weighted by atomic mass is 10.1. The summed E-state index contributed by atoms with van der Waals surface area (Å²) in [5.41, 5.74) is 9.18. The zero-order valence-corrected chi connectivity index (χ0v) is 15.6. The molecule has 2 aromatic heterocycles. The Bertz CT molecular complexity index is 863. The fraction of sp³-hybridized carbons (Fsp3) is 0.250. The Morgan fingerprint density at radius 1 is 1.19 bits per heavy atom. The van der Waals surface area contributed by atoms with Gasteiger partial charge in [-0.1, -0.05) is 35.9 Å². The summed E-state index contributed by atoms with van der Waals surface area (Å²) in [6.07, 6.45) is 2.43. The van der Waals surface area contributed by atoms with Crippen LogP contribution in [0.1, 0.15) is 32.3 Å². The van der Waals surface area contributed by atoms with Gasteiger partial charge in [-0.25, -0.2) is 4.98 Å². The Labute approximate surface area is 157 Å². The van der Waals surface area contributed by atoms with E-state index in [1.807, 2.05) is 48.7 Å². The van der Waals surface area contributed by atoms with Gasteiger partial charge in [0.15, 0.2) is 0 Å². The highest BCUT2D eigenvalue weighted by molar-refractivity contribution is 7.09. The lowest BCUT2D eigenvalue weighted by Gasteiger charge is -2.22. The number of carbonyl (C=O) groups excluding carboxylic acids is 1. The van der Waals surface area contributed by atoms with Crippen LogP contribution in [0.25, 0.3) is 0 Å². The van der Waals surface area contributed by atoms with Crippen molar-refractivity contribution in [3.05, 3.63) is 81.6 Å². The van der Waals surface area contributed by atoms with Gasteiger partial charge >= 0.3 is 0 Å². The van der Waals surface area contributed by atoms with Crippen molar-refractivity contribution >= 4 is 17.2 Å². The monoisotopic (exact) mass is 366 g/mol. The van der Waals surface area contributed by atoms with E-state index in [4.69, 9.17) is 5.73 Å². The molecule has 3 rings (SSSR count). The molecule has 5 nitrogen and oxygen atoms in total. The second-order valence-electron chi connectivity index (χ2n) is 6.14. The maximum absolute atomic E-state index is 13.1. The Morgan fingerprint density at radius 3 is 2.81 bits per heavy atom. The van der Waals surface area contributed by atoms with Gasteiger partial charge in [0, 0.05) is 24.5 Å². The predicted octanol–water partition coefficient (Wildman–Crippen LogP) is 3.19. The van der Waals surface area contributed by atoms with E-state index in [0.717, 1.165) is 16.3 Å². The van der Waals surface area contributed by atoms with Crippen molar-refractivity contribution in [3.63, 3.8) is 0 Å². The van der Waals surface area contributed by atoms with Gasteiger partial charge in [-0.05, 0) is 31.2 Å². The van der Waals surface area contributed by atoms with Gasteiger partial charge in [0.25, 0.3) is 5.91 Å². The molecule has 3 aromatic rings. The molecule has 6 heteroatoms. The van der Waals surface area contributed by atoms with Gasteiger partial charge in [0.2, 0.25) is 0 Å². The lowest BCUT2D eigenvalue weighted by Crippen LogP contribution is -2.30. The van der Waals surface area contributed by atoms with Gasteiger partial charge in [-0.15, -0.1) is 11.3 Å². The average Bonchev–Trinajstić information content (AvgIpc) is 3.10.